The summed E-state index contributed by atoms with van der Waals surface area (Å²) in [5.41, 5.74) is 2.94. The van der Waals surface area contributed by atoms with Crippen LogP contribution in [-0.4, -0.2) is 20.3 Å². The molecule has 0 radical (unpaired) electrons. The monoisotopic (exact) mass is 375 g/mol. The molecule has 0 saturated carbocycles. The van der Waals surface area contributed by atoms with Crippen molar-refractivity contribution >= 4 is 15.9 Å². The van der Waals surface area contributed by atoms with Gasteiger partial charge in [0.15, 0.2) is 11.5 Å². The van der Waals surface area contributed by atoms with Gasteiger partial charge in [-0.1, -0.05) is 6.07 Å². The third-order valence-corrected chi connectivity index (χ3v) is 4.02. The Morgan fingerprint density at radius 2 is 1.78 bits per heavy atom. The van der Waals surface area contributed by atoms with E-state index >= 15 is 0 Å². The third-order valence-electron chi connectivity index (χ3n) is 3.44. The molecule has 0 N–H and O–H groups in total. The van der Waals surface area contributed by atoms with Crippen molar-refractivity contribution in [3.05, 3.63) is 51.5 Å². The van der Waals surface area contributed by atoms with E-state index in [9.17, 15) is 0 Å². The number of ether oxygens (including phenoxy) is 3. The minimum absolute atomic E-state index is 0.369. The molecule has 0 amide bonds. The summed E-state index contributed by atoms with van der Waals surface area (Å²) in [6, 6.07) is 11.4. The predicted octanol–water partition coefficient (Wildman–Crippen LogP) is 4.40. The number of rotatable bonds is 6. The number of nitriles is 1. The molecule has 5 heteroatoms. The van der Waals surface area contributed by atoms with Gasteiger partial charge in [0.2, 0.25) is 0 Å². The second kappa shape index (κ2) is 7.89. The molecule has 2 rings (SSSR count). The zero-order valence-electron chi connectivity index (χ0n) is 13.4. The Kier molecular flexibility index (Phi) is 5.89. The average molecular weight is 376 g/mol. The van der Waals surface area contributed by atoms with Gasteiger partial charge in [-0.3, -0.25) is 0 Å². The van der Waals surface area contributed by atoms with Gasteiger partial charge in [-0.2, -0.15) is 5.26 Å². The minimum Gasteiger partial charge on any atom is -0.493 e. The molecular formula is C18H18BrNO3. The molecule has 0 fully saturated rings. The molecule has 0 saturated heterocycles. The lowest BCUT2D eigenvalue weighted by atomic mass is 10.1. The van der Waals surface area contributed by atoms with Crippen molar-refractivity contribution in [3.63, 3.8) is 0 Å². The summed E-state index contributed by atoms with van der Waals surface area (Å²) in [4.78, 5) is 0. The molecule has 0 bridgehead atoms. The Morgan fingerprint density at radius 1 is 1.04 bits per heavy atom. The molecule has 2 aromatic rings. The van der Waals surface area contributed by atoms with Crippen LogP contribution in [0.4, 0.5) is 0 Å². The molecule has 120 valence electrons. The molecule has 0 heterocycles. The zero-order chi connectivity index (χ0) is 16.8. The minimum atomic E-state index is 0.369. The van der Waals surface area contributed by atoms with Gasteiger partial charge in [0.25, 0.3) is 0 Å². The van der Waals surface area contributed by atoms with Crippen molar-refractivity contribution in [1.82, 2.24) is 0 Å². The maximum atomic E-state index is 8.97. The van der Waals surface area contributed by atoms with Crippen LogP contribution in [0.5, 0.6) is 17.2 Å². The molecular weight excluding hydrogens is 358 g/mol. The van der Waals surface area contributed by atoms with E-state index in [0.29, 0.717) is 34.7 Å². The quantitative estimate of drug-likeness (QED) is 0.701. The summed E-state index contributed by atoms with van der Waals surface area (Å²) >= 11 is 3.40. The summed E-state index contributed by atoms with van der Waals surface area (Å²) < 4.78 is 17.4. The predicted molar refractivity (Wildman–Crippen MR) is 92.3 cm³/mol. The normalized spacial score (nSPS) is 10.0. The van der Waals surface area contributed by atoms with Crippen LogP contribution < -0.4 is 14.2 Å². The molecule has 23 heavy (non-hydrogen) atoms. The maximum absolute atomic E-state index is 8.97. The van der Waals surface area contributed by atoms with Crippen LogP contribution in [-0.2, 0) is 0 Å². The van der Waals surface area contributed by atoms with Gasteiger partial charge in [0, 0.05) is 6.07 Å². The van der Waals surface area contributed by atoms with Crippen LogP contribution in [0.2, 0.25) is 0 Å². The van der Waals surface area contributed by atoms with E-state index in [1.165, 1.54) is 11.1 Å². The molecule has 2 aromatic carbocycles. The largest absolute Gasteiger partial charge is 0.493 e. The van der Waals surface area contributed by atoms with Crippen LogP contribution in [0.25, 0.3) is 0 Å². The van der Waals surface area contributed by atoms with Gasteiger partial charge < -0.3 is 14.2 Å². The summed E-state index contributed by atoms with van der Waals surface area (Å²) in [5, 5.41) is 8.97. The Morgan fingerprint density at radius 3 is 2.43 bits per heavy atom. The molecule has 0 atom stereocenters. The van der Waals surface area contributed by atoms with Crippen LogP contribution >= 0.6 is 15.9 Å². The molecule has 0 aliphatic rings. The summed E-state index contributed by atoms with van der Waals surface area (Å²) in [6.07, 6.45) is 0. The van der Waals surface area contributed by atoms with Gasteiger partial charge in [-0.05, 0) is 59.1 Å². The van der Waals surface area contributed by atoms with E-state index in [-0.39, 0.29) is 0 Å². The van der Waals surface area contributed by atoms with Crippen molar-refractivity contribution < 1.29 is 14.2 Å². The van der Waals surface area contributed by atoms with Crippen LogP contribution in [0, 0.1) is 25.2 Å². The molecule has 0 spiro atoms. The Balaban J connectivity index is 1.96. The number of benzene rings is 2. The highest BCUT2D eigenvalue weighted by atomic mass is 79.9. The molecule has 0 aromatic heterocycles. The number of methoxy groups -OCH3 is 1. The van der Waals surface area contributed by atoms with E-state index in [1.54, 1.807) is 19.2 Å². The topological polar surface area (TPSA) is 51.5 Å². The highest BCUT2D eigenvalue weighted by Crippen LogP contribution is 2.36. The standard InChI is InChI=1S/C18H18BrNO3/c1-12-4-5-15(8-13(12)2)22-6-7-23-18-16(19)9-14(11-20)10-17(18)21-3/h4-5,8-10H,6-7H2,1-3H3. The summed E-state index contributed by atoms with van der Waals surface area (Å²) in [7, 11) is 1.54. The van der Waals surface area contributed by atoms with Gasteiger partial charge in [-0.15, -0.1) is 0 Å². The first-order valence-corrected chi connectivity index (χ1v) is 7.95. The first-order valence-electron chi connectivity index (χ1n) is 7.15. The molecule has 4 nitrogen and oxygen atoms in total. The van der Waals surface area contributed by atoms with Gasteiger partial charge in [0.05, 0.1) is 23.2 Å². The first kappa shape index (κ1) is 17.2. The second-order valence-electron chi connectivity index (χ2n) is 5.04. The number of aryl methyl sites for hydroxylation is 2. The summed E-state index contributed by atoms with van der Waals surface area (Å²) in [6.45, 7) is 4.90. The fraction of sp³-hybridized carbons (Fsp3) is 0.278. The SMILES string of the molecule is COc1cc(C#N)cc(Br)c1OCCOc1ccc(C)c(C)c1. The number of nitrogens with zero attached hydrogens (tertiary/aromatic N) is 1. The van der Waals surface area contributed by atoms with E-state index < -0.39 is 0 Å². The van der Waals surface area contributed by atoms with Gasteiger partial charge >= 0.3 is 0 Å². The lowest BCUT2D eigenvalue weighted by Crippen LogP contribution is -2.10. The highest BCUT2D eigenvalue weighted by molar-refractivity contribution is 9.10. The van der Waals surface area contributed by atoms with Gasteiger partial charge in [0.1, 0.15) is 19.0 Å². The van der Waals surface area contributed by atoms with Crippen LogP contribution in [0.3, 0.4) is 0 Å². The molecule has 0 aliphatic heterocycles. The van der Waals surface area contributed by atoms with Crippen molar-refractivity contribution in [2.24, 2.45) is 0 Å². The van der Waals surface area contributed by atoms with Crippen molar-refractivity contribution in [3.8, 4) is 23.3 Å². The third kappa shape index (κ3) is 4.40. The maximum Gasteiger partial charge on any atom is 0.175 e. The first-order chi connectivity index (χ1) is 11.0. The second-order valence-corrected chi connectivity index (χ2v) is 5.90. The van der Waals surface area contributed by atoms with Crippen LogP contribution in [0.15, 0.2) is 34.8 Å². The Bertz CT molecular complexity index is 738. The van der Waals surface area contributed by atoms with Crippen molar-refractivity contribution in [2.75, 3.05) is 20.3 Å². The van der Waals surface area contributed by atoms with E-state index in [0.717, 1.165) is 5.75 Å². The lowest BCUT2D eigenvalue weighted by Gasteiger charge is -2.13. The number of hydrogen-bond acceptors (Lipinski definition) is 4. The lowest BCUT2D eigenvalue weighted by molar-refractivity contribution is 0.210. The van der Waals surface area contributed by atoms with Crippen molar-refractivity contribution in [1.29, 1.82) is 5.26 Å². The smallest absolute Gasteiger partial charge is 0.175 e. The van der Waals surface area contributed by atoms with Crippen LogP contribution in [0.1, 0.15) is 16.7 Å². The Labute approximate surface area is 144 Å². The molecule has 0 aliphatic carbocycles. The van der Waals surface area contributed by atoms with E-state index in [1.807, 2.05) is 18.2 Å². The zero-order valence-corrected chi connectivity index (χ0v) is 14.9. The number of hydrogen-bond donors (Lipinski definition) is 0. The summed E-state index contributed by atoms with van der Waals surface area (Å²) in [5.74, 6) is 1.90. The fourth-order valence-corrected chi connectivity index (χ4v) is 2.59. The van der Waals surface area contributed by atoms with E-state index in [4.69, 9.17) is 19.5 Å². The number of halogens is 1. The molecule has 0 unspecified atom stereocenters. The Hall–Kier alpha value is -2.19. The average Bonchev–Trinajstić information content (AvgIpc) is 2.55. The fourth-order valence-electron chi connectivity index (χ4n) is 2.03. The van der Waals surface area contributed by atoms with Crippen molar-refractivity contribution in [2.45, 2.75) is 13.8 Å². The van der Waals surface area contributed by atoms with E-state index in [2.05, 4.69) is 35.8 Å². The van der Waals surface area contributed by atoms with Gasteiger partial charge in [-0.25, -0.2) is 0 Å². The highest BCUT2D eigenvalue weighted by Gasteiger charge is 2.11.